The van der Waals surface area contributed by atoms with Crippen LogP contribution in [0.2, 0.25) is 0 Å². The predicted octanol–water partition coefficient (Wildman–Crippen LogP) is 1.17. The Morgan fingerprint density at radius 1 is 1.28 bits per heavy atom. The van der Waals surface area contributed by atoms with Crippen LogP contribution >= 0.6 is 0 Å². The smallest absolute Gasteiger partial charge is 0.408 e. The Bertz CT molecular complexity index is 897. The second-order valence-corrected chi connectivity index (χ2v) is 6.93. The number of fused-ring (bicyclic) bond motifs is 3. The van der Waals surface area contributed by atoms with E-state index < -0.39 is 5.76 Å². The maximum atomic E-state index is 12.8. The molecule has 4 rings (SSSR count). The molecule has 2 aliphatic rings. The molecular weight excluding hydrogens is 322 g/mol. The molecule has 2 aliphatic heterocycles. The van der Waals surface area contributed by atoms with Crippen molar-refractivity contribution in [3.63, 3.8) is 0 Å². The SMILES string of the molecule is Cc1ccc2oc(=O)n(CCC(=O)N3[C@@H]4CC[C@H]3CNC(=O)C4)c2c1. The van der Waals surface area contributed by atoms with Gasteiger partial charge in [-0.2, -0.15) is 0 Å². The molecule has 0 radical (unpaired) electrons. The van der Waals surface area contributed by atoms with Crippen LogP contribution < -0.4 is 11.1 Å². The fourth-order valence-electron chi connectivity index (χ4n) is 4.01. The maximum Gasteiger partial charge on any atom is 0.419 e. The highest BCUT2D eigenvalue weighted by molar-refractivity contribution is 5.82. The quantitative estimate of drug-likeness (QED) is 0.907. The zero-order valence-corrected chi connectivity index (χ0v) is 14.2. The number of hydrogen-bond acceptors (Lipinski definition) is 4. The summed E-state index contributed by atoms with van der Waals surface area (Å²) in [5, 5.41) is 2.87. The number of aryl methyl sites for hydroxylation is 2. The summed E-state index contributed by atoms with van der Waals surface area (Å²) in [4.78, 5) is 38.4. The van der Waals surface area contributed by atoms with Crippen molar-refractivity contribution in [2.75, 3.05) is 6.54 Å². The number of benzene rings is 1. The molecule has 2 bridgehead atoms. The summed E-state index contributed by atoms with van der Waals surface area (Å²) in [6, 6.07) is 5.61. The Morgan fingerprint density at radius 2 is 2.08 bits per heavy atom. The van der Waals surface area contributed by atoms with Crippen molar-refractivity contribution in [1.82, 2.24) is 14.8 Å². The van der Waals surface area contributed by atoms with E-state index in [2.05, 4.69) is 5.32 Å². The van der Waals surface area contributed by atoms with Crippen molar-refractivity contribution in [2.45, 2.75) is 51.2 Å². The Hall–Kier alpha value is -2.57. The van der Waals surface area contributed by atoms with Gasteiger partial charge < -0.3 is 14.6 Å². The molecule has 1 aromatic carbocycles. The number of nitrogens with one attached hydrogen (secondary N) is 1. The molecule has 0 spiro atoms. The van der Waals surface area contributed by atoms with Crippen molar-refractivity contribution in [1.29, 1.82) is 0 Å². The first kappa shape index (κ1) is 15.9. The predicted molar refractivity (Wildman–Crippen MR) is 91.1 cm³/mol. The summed E-state index contributed by atoms with van der Waals surface area (Å²) in [6.07, 6.45) is 2.39. The number of amides is 2. The van der Waals surface area contributed by atoms with Crippen LogP contribution in [-0.2, 0) is 16.1 Å². The summed E-state index contributed by atoms with van der Waals surface area (Å²) < 4.78 is 6.77. The average Bonchev–Trinajstić information content (AvgIpc) is 3.04. The van der Waals surface area contributed by atoms with Gasteiger partial charge in [0.2, 0.25) is 11.8 Å². The van der Waals surface area contributed by atoms with Gasteiger partial charge in [-0.25, -0.2) is 4.79 Å². The zero-order valence-electron chi connectivity index (χ0n) is 14.2. The highest BCUT2D eigenvalue weighted by atomic mass is 16.4. The number of carbonyl (C=O) groups is 2. The highest BCUT2D eigenvalue weighted by Crippen LogP contribution is 2.29. The van der Waals surface area contributed by atoms with Crippen LogP contribution in [0.1, 0.15) is 31.2 Å². The summed E-state index contributed by atoms with van der Waals surface area (Å²) >= 11 is 0. The summed E-state index contributed by atoms with van der Waals surface area (Å²) in [7, 11) is 0. The minimum Gasteiger partial charge on any atom is -0.408 e. The normalized spacial score (nSPS) is 22.9. The summed E-state index contributed by atoms with van der Waals surface area (Å²) in [5.41, 5.74) is 2.28. The third-order valence-corrected chi connectivity index (χ3v) is 5.24. The van der Waals surface area contributed by atoms with Crippen LogP contribution in [-0.4, -0.2) is 39.9 Å². The second kappa shape index (κ2) is 6.06. The van der Waals surface area contributed by atoms with Crippen LogP contribution in [0.25, 0.3) is 11.1 Å². The highest BCUT2D eigenvalue weighted by Gasteiger charge is 2.39. The number of aromatic nitrogens is 1. The van der Waals surface area contributed by atoms with Gasteiger partial charge in [0.1, 0.15) is 0 Å². The molecule has 1 N–H and O–H groups in total. The van der Waals surface area contributed by atoms with E-state index in [1.807, 2.05) is 24.0 Å². The molecule has 0 unspecified atom stereocenters. The first-order chi connectivity index (χ1) is 12.0. The molecule has 2 aromatic rings. The van der Waals surface area contributed by atoms with Crippen LogP contribution in [0.4, 0.5) is 0 Å². The van der Waals surface area contributed by atoms with Crippen molar-refractivity contribution in [3.8, 4) is 0 Å². The molecule has 2 amide bonds. The molecule has 7 nitrogen and oxygen atoms in total. The third-order valence-electron chi connectivity index (χ3n) is 5.24. The van der Waals surface area contributed by atoms with E-state index in [0.717, 1.165) is 18.4 Å². The van der Waals surface area contributed by atoms with Gasteiger partial charge in [0.05, 0.1) is 5.52 Å². The molecular formula is C18H21N3O4. The molecule has 2 atom stereocenters. The lowest BCUT2D eigenvalue weighted by Gasteiger charge is -2.27. The van der Waals surface area contributed by atoms with Crippen LogP contribution in [0.3, 0.4) is 0 Å². The van der Waals surface area contributed by atoms with E-state index in [1.54, 1.807) is 6.07 Å². The van der Waals surface area contributed by atoms with E-state index in [4.69, 9.17) is 4.42 Å². The number of rotatable bonds is 3. The Morgan fingerprint density at radius 3 is 2.92 bits per heavy atom. The van der Waals surface area contributed by atoms with Crippen molar-refractivity contribution < 1.29 is 14.0 Å². The van der Waals surface area contributed by atoms with E-state index in [0.29, 0.717) is 24.1 Å². The van der Waals surface area contributed by atoms with Crippen molar-refractivity contribution >= 4 is 22.9 Å². The average molecular weight is 343 g/mol. The number of nitrogens with zero attached hydrogens (tertiary/aromatic N) is 2. The third kappa shape index (κ3) is 2.83. The van der Waals surface area contributed by atoms with Crippen molar-refractivity contribution in [3.05, 3.63) is 34.3 Å². The fourth-order valence-corrected chi connectivity index (χ4v) is 4.01. The molecule has 2 fully saturated rings. The molecule has 0 saturated carbocycles. The van der Waals surface area contributed by atoms with Gasteiger partial charge >= 0.3 is 5.76 Å². The van der Waals surface area contributed by atoms with Crippen molar-refractivity contribution in [2.24, 2.45) is 0 Å². The van der Waals surface area contributed by atoms with Gasteiger partial charge in [-0.1, -0.05) is 6.07 Å². The second-order valence-electron chi connectivity index (χ2n) is 6.93. The van der Waals surface area contributed by atoms with Gasteiger partial charge in [-0.05, 0) is 37.5 Å². The van der Waals surface area contributed by atoms with Gasteiger partial charge in [0.15, 0.2) is 5.58 Å². The fraction of sp³-hybridized carbons (Fsp3) is 0.500. The minimum atomic E-state index is -0.441. The lowest BCUT2D eigenvalue weighted by molar-refractivity contribution is -0.134. The largest absolute Gasteiger partial charge is 0.419 e. The summed E-state index contributed by atoms with van der Waals surface area (Å²) in [5.74, 6) is -0.431. The lowest BCUT2D eigenvalue weighted by atomic mass is 10.1. The minimum absolute atomic E-state index is 0.00194. The van der Waals surface area contributed by atoms with Crippen LogP contribution in [0, 0.1) is 6.92 Å². The van der Waals surface area contributed by atoms with E-state index >= 15 is 0 Å². The van der Waals surface area contributed by atoms with E-state index in [1.165, 1.54) is 4.57 Å². The van der Waals surface area contributed by atoms with Gasteiger partial charge in [-0.15, -0.1) is 0 Å². The van der Waals surface area contributed by atoms with Gasteiger partial charge in [0, 0.05) is 38.0 Å². The Kier molecular flexibility index (Phi) is 3.86. The lowest BCUT2D eigenvalue weighted by Crippen LogP contribution is -2.43. The van der Waals surface area contributed by atoms with Gasteiger partial charge in [-0.3, -0.25) is 14.2 Å². The summed E-state index contributed by atoms with van der Waals surface area (Å²) in [6.45, 7) is 2.76. The number of oxazole rings is 1. The Balaban J connectivity index is 1.53. The zero-order chi connectivity index (χ0) is 17.6. The van der Waals surface area contributed by atoms with Crippen LogP contribution in [0.15, 0.2) is 27.4 Å². The first-order valence-corrected chi connectivity index (χ1v) is 8.71. The molecule has 25 heavy (non-hydrogen) atoms. The Labute approximate surface area is 144 Å². The molecule has 1 aromatic heterocycles. The maximum absolute atomic E-state index is 12.8. The van der Waals surface area contributed by atoms with E-state index in [9.17, 15) is 14.4 Å². The number of carbonyl (C=O) groups excluding carboxylic acids is 2. The van der Waals surface area contributed by atoms with Crippen LogP contribution in [0.5, 0.6) is 0 Å². The molecule has 3 heterocycles. The molecule has 132 valence electrons. The molecule has 0 aliphatic carbocycles. The first-order valence-electron chi connectivity index (χ1n) is 8.71. The van der Waals surface area contributed by atoms with Gasteiger partial charge in [0.25, 0.3) is 0 Å². The topological polar surface area (TPSA) is 84.6 Å². The van der Waals surface area contributed by atoms with E-state index in [-0.39, 0.29) is 36.9 Å². The standard InChI is InChI=1S/C18H21N3O4/c1-11-2-5-15-14(8-11)20(18(24)25-15)7-6-17(23)21-12-3-4-13(21)10-19-16(22)9-12/h2,5,8,12-13H,3-4,6-7,9-10H2,1H3,(H,19,22)/t12-,13+/m1/s1. The molecule has 7 heteroatoms. The monoisotopic (exact) mass is 343 g/mol. The number of hydrogen-bond donors (Lipinski definition) is 1. The molecule has 2 saturated heterocycles.